The molecule has 0 aliphatic carbocycles. The number of benzene rings is 1. The lowest BCUT2D eigenvalue weighted by Gasteiger charge is -2.13. The van der Waals surface area contributed by atoms with Crippen molar-refractivity contribution in [2.75, 3.05) is 0 Å². The molecule has 2 N–H and O–H groups in total. The Morgan fingerprint density at radius 2 is 1.91 bits per heavy atom. The first-order valence-electron chi connectivity index (χ1n) is 6.11. The van der Waals surface area contributed by atoms with Crippen molar-refractivity contribution in [3.8, 4) is 0 Å². The molecule has 0 aliphatic heterocycles. The molecule has 0 heterocycles. The predicted molar refractivity (Wildman–Crippen MR) is 74.4 cm³/mol. The second kappa shape index (κ2) is 6.84. The maximum atomic E-state index is 12.6. The van der Waals surface area contributed by atoms with Crippen LogP contribution in [0.25, 0.3) is 0 Å². The van der Waals surface area contributed by atoms with Gasteiger partial charge in [0.25, 0.3) is 10.0 Å². The number of hydrogen-bond acceptors (Lipinski definition) is 3. The first-order chi connectivity index (χ1) is 9.93. The monoisotopic (exact) mass is 358 g/mol. The SMILES string of the molecule is CC(C)CC(=O)NNS(=O)(=O)c1cc(C(F)(F)F)ccc1Cl. The van der Waals surface area contributed by atoms with Gasteiger partial charge in [0.15, 0.2) is 0 Å². The van der Waals surface area contributed by atoms with Gasteiger partial charge in [-0.2, -0.15) is 13.2 Å². The number of nitrogens with one attached hydrogen (secondary N) is 2. The minimum atomic E-state index is -4.71. The van der Waals surface area contributed by atoms with Crippen LogP contribution in [-0.2, 0) is 21.0 Å². The summed E-state index contributed by atoms with van der Waals surface area (Å²) in [5, 5.41) is -0.390. The van der Waals surface area contributed by atoms with Crippen molar-refractivity contribution < 1.29 is 26.4 Å². The van der Waals surface area contributed by atoms with E-state index in [2.05, 4.69) is 0 Å². The van der Waals surface area contributed by atoms with Crippen molar-refractivity contribution in [2.45, 2.75) is 31.3 Å². The van der Waals surface area contributed by atoms with E-state index in [4.69, 9.17) is 11.6 Å². The van der Waals surface area contributed by atoms with Gasteiger partial charge in [-0.1, -0.05) is 25.4 Å². The second-order valence-corrected chi connectivity index (χ2v) is 6.95. The molecule has 124 valence electrons. The molecule has 1 amide bonds. The van der Waals surface area contributed by atoms with Crippen LogP contribution in [0, 0.1) is 5.92 Å². The summed E-state index contributed by atoms with van der Waals surface area (Å²) < 4.78 is 61.7. The first-order valence-corrected chi connectivity index (χ1v) is 7.97. The summed E-state index contributed by atoms with van der Waals surface area (Å²) in [6.07, 6.45) is -4.66. The number of carbonyl (C=O) groups excluding carboxylic acids is 1. The van der Waals surface area contributed by atoms with Gasteiger partial charge in [0.2, 0.25) is 5.91 Å². The fraction of sp³-hybridized carbons (Fsp3) is 0.417. The summed E-state index contributed by atoms with van der Waals surface area (Å²) in [5.74, 6) is -0.622. The average Bonchev–Trinajstić information content (AvgIpc) is 2.34. The molecule has 1 rings (SSSR count). The first kappa shape index (κ1) is 18.7. The van der Waals surface area contributed by atoms with Gasteiger partial charge in [-0.25, -0.2) is 8.42 Å². The van der Waals surface area contributed by atoms with Crippen molar-refractivity contribution >= 4 is 27.5 Å². The summed E-state index contributed by atoms with van der Waals surface area (Å²) in [7, 11) is -4.42. The van der Waals surface area contributed by atoms with Crippen LogP contribution in [0.5, 0.6) is 0 Å². The molecule has 0 saturated carbocycles. The van der Waals surface area contributed by atoms with E-state index in [1.54, 1.807) is 18.7 Å². The molecular weight excluding hydrogens is 345 g/mol. The Balaban J connectivity index is 3.00. The molecule has 0 bridgehead atoms. The molecule has 0 radical (unpaired) electrons. The van der Waals surface area contributed by atoms with Crippen LogP contribution < -0.4 is 10.3 Å². The fourth-order valence-corrected chi connectivity index (χ4v) is 2.87. The zero-order valence-electron chi connectivity index (χ0n) is 11.7. The van der Waals surface area contributed by atoms with Gasteiger partial charge in [-0.05, 0) is 24.1 Å². The molecule has 22 heavy (non-hydrogen) atoms. The van der Waals surface area contributed by atoms with Gasteiger partial charge in [0, 0.05) is 6.42 Å². The number of halogens is 4. The standard InChI is InChI=1S/C12H14ClF3N2O3S/c1-7(2)5-11(19)17-18-22(20,21)10-6-8(12(14,15)16)3-4-9(10)13/h3-4,6-7,18H,5H2,1-2H3,(H,17,19). The summed E-state index contributed by atoms with van der Waals surface area (Å²) >= 11 is 5.63. The van der Waals surface area contributed by atoms with E-state index in [0.717, 1.165) is 6.07 Å². The zero-order chi connectivity index (χ0) is 17.1. The highest BCUT2D eigenvalue weighted by Crippen LogP contribution is 2.33. The Kier molecular flexibility index (Phi) is 5.82. The maximum Gasteiger partial charge on any atom is 0.416 e. The summed E-state index contributed by atoms with van der Waals surface area (Å²) in [6.45, 7) is 3.50. The smallest absolute Gasteiger partial charge is 0.278 e. The van der Waals surface area contributed by atoms with E-state index in [0.29, 0.717) is 12.1 Å². The van der Waals surface area contributed by atoms with E-state index in [9.17, 15) is 26.4 Å². The van der Waals surface area contributed by atoms with Crippen molar-refractivity contribution in [1.82, 2.24) is 10.3 Å². The largest absolute Gasteiger partial charge is 0.416 e. The fourth-order valence-electron chi connectivity index (χ4n) is 1.49. The van der Waals surface area contributed by atoms with Crippen LogP contribution >= 0.6 is 11.6 Å². The Hall–Kier alpha value is -1.32. The average molecular weight is 359 g/mol. The maximum absolute atomic E-state index is 12.6. The lowest BCUT2D eigenvalue weighted by Crippen LogP contribution is -2.42. The van der Waals surface area contributed by atoms with Gasteiger partial charge < -0.3 is 0 Å². The molecule has 0 aromatic heterocycles. The highest BCUT2D eigenvalue weighted by molar-refractivity contribution is 7.89. The minimum Gasteiger partial charge on any atom is -0.278 e. The number of rotatable bonds is 5. The molecular formula is C12H14ClF3N2O3S. The number of alkyl halides is 3. The van der Waals surface area contributed by atoms with E-state index >= 15 is 0 Å². The highest BCUT2D eigenvalue weighted by Gasteiger charge is 2.32. The van der Waals surface area contributed by atoms with Gasteiger partial charge in [0.05, 0.1) is 10.6 Å². The van der Waals surface area contributed by atoms with Gasteiger partial charge in [-0.15, -0.1) is 4.83 Å². The minimum absolute atomic E-state index is 0.0124. The van der Waals surface area contributed by atoms with Crippen molar-refractivity contribution in [2.24, 2.45) is 5.92 Å². The summed E-state index contributed by atoms with van der Waals surface area (Å²) in [6, 6.07) is 1.90. The molecule has 0 spiro atoms. The quantitative estimate of drug-likeness (QED) is 0.795. The Morgan fingerprint density at radius 1 is 1.32 bits per heavy atom. The van der Waals surface area contributed by atoms with Crippen LogP contribution in [-0.4, -0.2) is 14.3 Å². The van der Waals surface area contributed by atoms with Crippen LogP contribution in [0.3, 0.4) is 0 Å². The van der Waals surface area contributed by atoms with Gasteiger partial charge in [0.1, 0.15) is 4.90 Å². The number of amides is 1. The number of carbonyl (C=O) groups is 1. The van der Waals surface area contributed by atoms with Crippen molar-refractivity contribution in [3.05, 3.63) is 28.8 Å². The van der Waals surface area contributed by atoms with E-state index in [1.807, 2.05) is 5.43 Å². The Morgan fingerprint density at radius 3 is 2.41 bits per heavy atom. The van der Waals surface area contributed by atoms with Crippen molar-refractivity contribution in [3.63, 3.8) is 0 Å². The molecule has 1 aromatic carbocycles. The molecule has 10 heteroatoms. The molecule has 0 saturated heterocycles. The second-order valence-electron chi connectivity index (χ2n) is 4.89. The summed E-state index contributed by atoms with van der Waals surface area (Å²) in [5.41, 5.74) is 0.760. The third-order valence-electron chi connectivity index (χ3n) is 2.47. The van der Waals surface area contributed by atoms with Crippen LogP contribution in [0.1, 0.15) is 25.8 Å². The van der Waals surface area contributed by atoms with Crippen LogP contribution in [0.2, 0.25) is 5.02 Å². The number of sulfonamides is 1. The summed E-state index contributed by atoms with van der Waals surface area (Å²) in [4.78, 5) is 12.3. The third kappa shape index (κ3) is 5.15. The zero-order valence-corrected chi connectivity index (χ0v) is 13.2. The molecule has 0 atom stereocenters. The third-order valence-corrected chi connectivity index (χ3v) is 4.20. The normalized spacial score (nSPS) is 12.5. The number of hydrazine groups is 1. The lowest BCUT2D eigenvalue weighted by atomic mass is 10.1. The highest BCUT2D eigenvalue weighted by atomic mass is 35.5. The molecule has 0 aliphatic rings. The topological polar surface area (TPSA) is 75.3 Å². The molecule has 1 aromatic rings. The Bertz CT molecular complexity index is 660. The number of hydrogen-bond donors (Lipinski definition) is 2. The van der Waals surface area contributed by atoms with Crippen LogP contribution in [0.15, 0.2) is 23.1 Å². The predicted octanol–water partition coefficient (Wildman–Crippen LogP) is 2.71. The van der Waals surface area contributed by atoms with Crippen molar-refractivity contribution in [1.29, 1.82) is 0 Å². The van der Waals surface area contributed by atoms with E-state index in [-0.39, 0.29) is 12.3 Å². The van der Waals surface area contributed by atoms with Gasteiger partial charge >= 0.3 is 6.18 Å². The lowest BCUT2D eigenvalue weighted by molar-refractivity contribution is -0.137. The van der Waals surface area contributed by atoms with E-state index in [1.165, 1.54) is 0 Å². The van der Waals surface area contributed by atoms with E-state index < -0.39 is 37.6 Å². The molecule has 5 nitrogen and oxygen atoms in total. The Labute approximate surface area is 130 Å². The van der Waals surface area contributed by atoms with Gasteiger partial charge in [-0.3, -0.25) is 10.2 Å². The van der Waals surface area contributed by atoms with Crippen LogP contribution in [0.4, 0.5) is 13.2 Å². The molecule has 0 unspecified atom stereocenters. The molecule has 0 fully saturated rings.